The fourth-order valence-corrected chi connectivity index (χ4v) is 4.24. The number of halogens is 2. The molecule has 3 N–H and O–H groups in total. The van der Waals surface area contributed by atoms with E-state index in [9.17, 15) is 4.79 Å². The van der Waals surface area contributed by atoms with Crippen LogP contribution in [0, 0.1) is 18.3 Å². The molecule has 1 fully saturated rings. The lowest BCUT2D eigenvalue weighted by atomic mass is 9.96. The molecule has 1 amide bonds. The Kier molecular flexibility index (Phi) is 16.0. The maximum atomic E-state index is 12.7. The summed E-state index contributed by atoms with van der Waals surface area (Å²) in [7, 11) is 0. The van der Waals surface area contributed by atoms with Gasteiger partial charge in [0.1, 0.15) is 0 Å². The van der Waals surface area contributed by atoms with Gasteiger partial charge in [0.25, 0.3) is 5.91 Å². The average molecular weight is 558 g/mol. The molecular weight excluding hydrogens is 515 g/mol. The molecule has 206 valence electrons. The van der Waals surface area contributed by atoms with Crippen molar-refractivity contribution in [2.75, 3.05) is 30.3 Å². The van der Waals surface area contributed by atoms with Crippen molar-refractivity contribution in [1.29, 1.82) is 0 Å². The molecule has 0 spiro atoms. The van der Waals surface area contributed by atoms with Crippen LogP contribution in [0.1, 0.15) is 57.8 Å². The number of rotatable bonds is 9. The van der Waals surface area contributed by atoms with Gasteiger partial charge in [0, 0.05) is 24.4 Å². The van der Waals surface area contributed by atoms with Crippen LogP contribution < -0.4 is 16.0 Å². The molecule has 2 aromatic carbocycles. The fourth-order valence-electron chi connectivity index (χ4n) is 3.94. The minimum absolute atomic E-state index is 0.0495. The Labute approximate surface area is 239 Å². The number of allylic oxidation sites excluding steroid dienone is 3. The second kappa shape index (κ2) is 18.4. The third-order valence-corrected chi connectivity index (χ3v) is 6.65. The van der Waals surface area contributed by atoms with E-state index in [0.717, 1.165) is 25.3 Å². The Morgan fingerprint density at radius 1 is 1.16 bits per heavy atom. The van der Waals surface area contributed by atoms with Gasteiger partial charge in [-0.1, -0.05) is 61.8 Å². The molecule has 0 bridgehead atoms. The molecule has 1 aliphatic rings. The number of hydrogen-bond acceptors (Lipinski definition) is 4. The molecule has 1 unspecified atom stereocenters. The number of benzene rings is 2. The lowest BCUT2D eigenvalue weighted by Gasteiger charge is -2.34. The molecule has 0 aliphatic carbocycles. The molecule has 3 rings (SSSR count). The number of terminal acetylenes is 1. The third kappa shape index (κ3) is 11.2. The van der Waals surface area contributed by atoms with Crippen LogP contribution in [0.2, 0.25) is 10.0 Å². The highest BCUT2D eigenvalue weighted by atomic mass is 35.5. The van der Waals surface area contributed by atoms with Crippen LogP contribution in [0.3, 0.4) is 0 Å². The first kappa shape index (κ1) is 33.1. The largest absolute Gasteiger partial charge is 0.375 e. The molecule has 38 heavy (non-hydrogen) atoms. The lowest BCUT2D eigenvalue weighted by molar-refractivity contribution is 0.102. The van der Waals surface area contributed by atoms with Crippen molar-refractivity contribution in [2.45, 2.75) is 53.6 Å². The van der Waals surface area contributed by atoms with E-state index < -0.39 is 0 Å². The summed E-state index contributed by atoms with van der Waals surface area (Å²) in [6.07, 6.45) is 10.9. The van der Waals surface area contributed by atoms with Crippen molar-refractivity contribution in [2.24, 2.45) is 5.92 Å². The van der Waals surface area contributed by atoms with Gasteiger partial charge in [-0.2, -0.15) is 0 Å². The quantitative estimate of drug-likeness (QED) is 0.166. The zero-order valence-electron chi connectivity index (χ0n) is 23.3. The summed E-state index contributed by atoms with van der Waals surface area (Å²) in [4.78, 5) is 15.1. The van der Waals surface area contributed by atoms with E-state index in [4.69, 9.17) is 23.2 Å². The van der Waals surface area contributed by atoms with Crippen LogP contribution in [-0.2, 0) is 0 Å². The molecule has 1 saturated heterocycles. The number of carbonyl (C=O) groups excluding carboxylic acids is 1. The van der Waals surface area contributed by atoms with Crippen molar-refractivity contribution < 1.29 is 4.79 Å². The summed E-state index contributed by atoms with van der Waals surface area (Å²) in [6, 6.07) is 12.5. The van der Waals surface area contributed by atoms with Crippen molar-refractivity contribution in [3.63, 3.8) is 0 Å². The van der Waals surface area contributed by atoms with Gasteiger partial charge in [0.2, 0.25) is 0 Å². The maximum absolute atomic E-state index is 12.7. The maximum Gasteiger partial charge on any atom is 0.255 e. The van der Waals surface area contributed by atoms with Gasteiger partial charge in [-0.25, -0.2) is 0 Å². The van der Waals surface area contributed by atoms with E-state index in [2.05, 4.69) is 59.7 Å². The van der Waals surface area contributed by atoms with Crippen LogP contribution in [0.4, 0.5) is 11.4 Å². The standard InChI is InChI=1S/C26H32Cl2N4O.C3H4.C2H6/c1-4-7-18(2)32-14-12-20(13-15-32)17-29-19(3)30-24-8-5-6-9-25(24)31-26(33)21-10-11-22(27)23(28)16-21;1-3-2;1-2/h4-11,16,19-20,29-30H,1,12-15,17H2,2-3H3,(H,31,33);1H,2H3;1-2H3/b18-7+;;. The van der Waals surface area contributed by atoms with E-state index in [1.807, 2.05) is 44.2 Å². The van der Waals surface area contributed by atoms with Gasteiger partial charge in [0.15, 0.2) is 0 Å². The lowest BCUT2D eigenvalue weighted by Crippen LogP contribution is -2.41. The van der Waals surface area contributed by atoms with Crippen molar-refractivity contribution in [1.82, 2.24) is 10.2 Å². The number of carbonyl (C=O) groups is 1. The molecule has 7 heteroatoms. The van der Waals surface area contributed by atoms with Gasteiger partial charge in [0.05, 0.1) is 27.6 Å². The van der Waals surface area contributed by atoms with Crippen molar-refractivity contribution in [3.05, 3.63) is 82.5 Å². The first-order valence-corrected chi connectivity index (χ1v) is 13.8. The molecule has 0 saturated carbocycles. The molecule has 5 nitrogen and oxygen atoms in total. The minimum Gasteiger partial charge on any atom is -0.375 e. The Balaban J connectivity index is 0.00000135. The van der Waals surface area contributed by atoms with Gasteiger partial charge >= 0.3 is 0 Å². The van der Waals surface area contributed by atoms with Crippen LogP contribution in [0.15, 0.2) is 66.9 Å². The van der Waals surface area contributed by atoms with Gasteiger partial charge < -0.3 is 15.5 Å². The number of hydrogen-bond donors (Lipinski definition) is 3. The van der Waals surface area contributed by atoms with E-state index in [0.29, 0.717) is 27.2 Å². The number of anilines is 2. The molecule has 0 radical (unpaired) electrons. The first-order chi connectivity index (χ1) is 18.3. The van der Waals surface area contributed by atoms with E-state index >= 15 is 0 Å². The molecule has 2 aromatic rings. The Bertz CT molecular complexity index is 1090. The second-order valence-electron chi connectivity index (χ2n) is 8.67. The summed E-state index contributed by atoms with van der Waals surface area (Å²) in [6.45, 7) is 16.8. The SMILES string of the molecule is C#CC.C=C/C=C(\C)N1CCC(CNC(C)Nc2ccccc2NC(=O)c2ccc(Cl)c(Cl)c2)CC1.CC. The summed E-state index contributed by atoms with van der Waals surface area (Å²) in [5.74, 6) is 2.66. The average Bonchev–Trinajstić information content (AvgIpc) is 2.92. The van der Waals surface area contributed by atoms with Crippen molar-refractivity contribution >= 4 is 40.5 Å². The topological polar surface area (TPSA) is 56.4 Å². The van der Waals surface area contributed by atoms with Gasteiger partial charge in [-0.15, -0.1) is 12.3 Å². The minimum atomic E-state index is -0.240. The van der Waals surface area contributed by atoms with Gasteiger partial charge in [-0.3, -0.25) is 10.1 Å². The Morgan fingerprint density at radius 2 is 1.76 bits per heavy atom. The smallest absolute Gasteiger partial charge is 0.255 e. The summed E-state index contributed by atoms with van der Waals surface area (Å²) < 4.78 is 0. The molecule has 1 aliphatic heterocycles. The highest BCUT2D eigenvalue weighted by Gasteiger charge is 2.20. The number of piperidine rings is 1. The first-order valence-electron chi connectivity index (χ1n) is 13.1. The summed E-state index contributed by atoms with van der Waals surface area (Å²) in [5, 5.41) is 10.8. The summed E-state index contributed by atoms with van der Waals surface area (Å²) in [5.41, 5.74) is 3.30. The number of likely N-dealkylation sites (tertiary alicyclic amines) is 1. The number of amides is 1. The van der Waals surface area contributed by atoms with E-state index in [1.165, 1.54) is 18.5 Å². The van der Waals surface area contributed by atoms with Gasteiger partial charge in [-0.05, 0) is 82.5 Å². The number of nitrogens with one attached hydrogen (secondary N) is 3. The summed E-state index contributed by atoms with van der Waals surface area (Å²) >= 11 is 12.0. The fraction of sp³-hybridized carbons (Fsp3) is 0.387. The number of nitrogens with zero attached hydrogens (tertiary/aromatic N) is 1. The van der Waals surface area contributed by atoms with Crippen molar-refractivity contribution in [3.8, 4) is 12.3 Å². The number of para-hydroxylation sites is 2. The molecule has 1 atom stereocenters. The van der Waals surface area contributed by atoms with E-state index in [1.54, 1.807) is 25.1 Å². The Hall–Kier alpha value is -2.91. The van der Waals surface area contributed by atoms with E-state index in [-0.39, 0.29) is 12.1 Å². The zero-order valence-corrected chi connectivity index (χ0v) is 24.8. The second-order valence-corrected chi connectivity index (χ2v) is 9.48. The monoisotopic (exact) mass is 556 g/mol. The molecule has 1 heterocycles. The van der Waals surface area contributed by atoms with Crippen LogP contribution in [0.25, 0.3) is 0 Å². The highest BCUT2D eigenvalue weighted by molar-refractivity contribution is 6.42. The molecular formula is C31H42Cl2N4O. The normalized spacial score (nSPS) is 14.1. The predicted molar refractivity (Wildman–Crippen MR) is 166 cm³/mol. The van der Waals surface area contributed by atoms with Crippen LogP contribution in [0.5, 0.6) is 0 Å². The van der Waals surface area contributed by atoms with Crippen LogP contribution in [-0.4, -0.2) is 36.6 Å². The Morgan fingerprint density at radius 3 is 2.34 bits per heavy atom. The zero-order chi connectivity index (χ0) is 28.5. The highest BCUT2D eigenvalue weighted by Crippen LogP contribution is 2.26. The third-order valence-electron chi connectivity index (χ3n) is 5.91. The predicted octanol–water partition coefficient (Wildman–Crippen LogP) is 8.06. The molecule has 0 aromatic heterocycles. The van der Waals surface area contributed by atoms with Crippen LogP contribution >= 0.6 is 23.2 Å².